The summed E-state index contributed by atoms with van der Waals surface area (Å²) in [6.45, 7) is 1.73. The van der Waals surface area contributed by atoms with Gasteiger partial charge < -0.3 is 5.11 Å². The van der Waals surface area contributed by atoms with Crippen LogP contribution in [0.2, 0.25) is 5.02 Å². The van der Waals surface area contributed by atoms with Crippen LogP contribution >= 0.6 is 11.6 Å². The van der Waals surface area contributed by atoms with Gasteiger partial charge in [0.05, 0.1) is 21.7 Å². The maximum absolute atomic E-state index is 14.9. The molecule has 9 heteroatoms. The van der Waals surface area contributed by atoms with Crippen molar-refractivity contribution in [2.75, 3.05) is 0 Å². The fourth-order valence-corrected chi connectivity index (χ4v) is 4.20. The maximum Gasteiger partial charge on any atom is 0.335 e. The van der Waals surface area contributed by atoms with E-state index in [0.29, 0.717) is 11.1 Å². The maximum atomic E-state index is 14.9. The zero-order chi connectivity index (χ0) is 24.1. The number of aromatic carboxylic acids is 1. The van der Waals surface area contributed by atoms with E-state index in [0.717, 1.165) is 23.6 Å². The molecule has 2 aromatic heterocycles. The number of nitrogens with zero attached hydrogens (tertiary/aromatic N) is 3. The van der Waals surface area contributed by atoms with Crippen molar-refractivity contribution in [1.29, 1.82) is 0 Å². The average molecular weight is 478 g/mol. The van der Waals surface area contributed by atoms with Crippen LogP contribution in [-0.4, -0.2) is 37.5 Å². The van der Waals surface area contributed by atoms with Gasteiger partial charge in [0.15, 0.2) is 5.78 Å². The van der Waals surface area contributed by atoms with Crippen molar-refractivity contribution in [3.8, 4) is 11.3 Å². The molecule has 5 rings (SSSR count). The molecule has 0 saturated heterocycles. The lowest BCUT2D eigenvalue weighted by molar-refractivity contribution is 0.0695. The Hall–Kier alpha value is -3.91. The molecule has 1 fully saturated rings. The molecule has 1 aliphatic rings. The van der Waals surface area contributed by atoms with E-state index in [-0.39, 0.29) is 50.1 Å². The number of aryl methyl sites for hydroxylation is 1. The van der Waals surface area contributed by atoms with Gasteiger partial charge in [-0.1, -0.05) is 23.7 Å². The number of carboxylic acids is 1. The number of halogens is 2. The standard InChI is InChI=1S/C25H17ClFN3O4/c1-12-3-2-4-17(26)20(12)24(32)30-19-10-15(23(31)13-5-6-13)11-28-22(19)21(29-30)16-8-7-14(25(33)34)9-18(16)27/h2-4,7-11,13H,5-6H2,1H3,(H,33,34). The molecule has 1 aliphatic carbocycles. The lowest BCUT2D eigenvalue weighted by Crippen LogP contribution is -2.16. The summed E-state index contributed by atoms with van der Waals surface area (Å²) in [5.74, 6) is -2.78. The van der Waals surface area contributed by atoms with Gasteiger partial charge in [0.2, 0.25) is 0 Å². The van der Waals surface area contributed by atoms with Gasteiger partial charge in [0.1, 0.15) is 17.0 Å². The van der Waals surface area contributed by atoms with Crippen LogP contribution in [0.4, 0.5) is 4.39 Å². The first-order valence-electron chi connectivity index (χ1n) is 10.5. The summed E-state index contributed by atoms with van der Waals surface area (Å²) < 4.78 is 16.0. The molecule has 0 radical (unpaired) electrons. The number of rotatable bonds is 5. The molecule has 0 bridgehead atoms. The highest BCUT2D eigenvalue weighted by atomic mass is 35.5. The molecular weight excluding hydrogens is 461 g/mol. The smallest absolute Gasteiger partial charge is 0.335 e. The first kappa shape index (κ1) is 21.9. The lowest BCUT2D eigenvalue weighted by atomic mass is 10.1. The molecular formula is C25H17ClFN3O4. The second kappa shape index (κ2) is 8.14. The number of hydrogen-bond acceptors (Lipinski definition) is 5. The molecule has 0 unspecified atom stereocenters. The van der Waals surface area contributed by atoms with Crippen molar-refractivity contribution in [2.45, 2.75) is 19.8 Å². The van der Waals surface area contributed by atoms with Crippen molar-refractivity contribution in [2.24, 2.45) is 5.92 Å². The van der Waals surface area contributed by atoms with Gasteiger partial charge in [0.25, 0.3) is 5.91 Å². The molecule has 4 aromatic rings. The van der Waals surface area contributed by atoms with Gasteiger partial charge in [-0.3, -0.25) is 14.6 Å². The summed E-state index contributed by atoms with van der Waals surface area (Å²) in [4.78, 5) is 41.7. The largest absolute Gasteiger partial charge is 0.478 e. The zero-order valence-electron chi connectivity index (χ0n) is 17.9. The van der Waals surface area contributed by atoms with E-state index in [2.05, 4.69) is 10.1 Å². The Kier molecular flexibility index (Phi) is 5.25. The number of benzene rings is 2. The number of Topliss-reactive ketones (excluding diaryl/α,β-unsaturated/α-hetero) is 1. The molecule has 0 aliphatic heterocycles. The van der Waals surface area contributed by atoms with E-state index in [1.807, 2.05) is 0 Å². The van der Waals surface area contributed by atoms with Crippen LogP contribution in [0.25, 0.3) is 22.3 Å². The minimum atomic E-state index is -1.27. The van der Waals surface area contributed by atoms with E-state index < -0.39 is 17.7 Å². The Morgan fingerprint density at radius 3 is 2.53 bits per heavy atom. The number of carboxylic acid groups (broad SMARTS) is 1. The third kappa shape index (κ3) is 3.66. The second-order valence-electron chi connectivity index (χ2n) is 8.23. The molecule has 1 saturated carbocycles. The van der Waals surface area contributed by atoms with Crippen molar-refractivity contribution < 1.29 is 23.9 Å². The van der Waals surface area contributed by atoms with Gasteiger partial charge >= 0.3 is 5.97 Å². The molecule has 170 valence electrons. The molecule has 0 spiro atoms. The summed E-state index contributed by atoms with van der Waals surface area (Å²) in [5.41, 5.74) is 1.42. The van der Waals surface area contributed by atoms with Crippen molar-refractivity contribution in [1.82, 2.24) is 14.8 Å². The Bertz CT molecular complexity index is 1500. The predicted molar refractivity (Wildman–Crippen MR) is 123 cm³/mol. The van der Waals surface area contributed by atoms with Crippen LogP contribution < -0.4 is 0 Å². The summed E-state index contributed by atoms with van der Waals surface area (Å²) in [6.07, 6.45) is 3.01. The van der Waals surface area contributed by atoms with Gasteiger partial charge in [-0.05, 0) is 55.7 Å². The summed E-state index contributed by atoms with van der Waals surface area (Å²) in [5, 5.41) is 13.7. The number of pyridine rings is 1. The molecule has 7 nitrogen and oxygen atoms in total. The summed E-state index contributed by atoms with van der Waals surface area (Å²) >= 11 is 6.31. The molecule has 2 aromatic carbocycles. The van der Waals surface area contributed by atoms with Crippen LogP contribution in [-0.2, 0) is 0 Å². The van der Waals surface area contributed by atoms with Gasteiger partial charge in [-0.2, -0.15) is 9.78 Å². The number of fused-ring (bicyclic) bond motifs is 1. The molecule has 0 atom stereocenters. The summed E-state index contributed by atoms with van der Waals surface area (Å²) in [6, 6.07) is 9.97. The molecule has 1 N–H and O–H groups in total. The third-order valence-corrected chi connectivity index (χ3v) is 6.17. The molecule has 0 amide bonds. The second-order valence-corrected chi connectivity index (χ2v) is 8.63. The summed E-state index contributed by atoms with van der Waals surface area (Å²) in [7, 11) is 0. The van der Waals surface area contributed by atoms with E-state index in [4.69, 9.17) is 16.7 Å². The van der Waals surface area contributed by atoms with Crippen LogP contribution in [0.5, 0.6) is 0 Å². The Morgan fingerprint density at radius 1 is 1.12 bits per heavy atom. The van der Waals surface area contributed by atoms with E-state index in [1.165, 1.54) is 24.4 Å². The molecule has 2 heterocycles. The molecule has 34 heavy (non-hydrogen) atoms. The topological polar surface area (TPSA) is 102 Å². The normalized spacial score (nSPS) is 13.3. The minimum absolute atomic E-state index is 0.0220. The van der Waals surface area contributed by atoms with Crippen LogP contribution in [0.3, 0.4) is 0 Å². The van der Waals surface area contributed by atoms with E-state index >= 15 is 0 Å². The van der Waals surface area contributed by atoms with Crippen LogP contribution in [0.1, 0.15) is 49.5 Å². The Balaban J connectivity index is 1.74. The van der Waals surface area contributed by atoms with Gasteiger partial charge in [-0.25, -0.2) is 9.18 Å². The first-order chi connectivity index (χ1) is 16.3. The number of aromatic nitrogens is 3. The highest BCUT2D eigenvalue weighted by molar-refractivity contribution is 6.34. The third-order valence-electron chi connectivity index (χ3n) is 5.85. The predicted octanol–water partition coefficient (Wildman–Crippen LogP) is 5.18. The Labute approximate surface area is 197 Å². The Morgan fingerprint density at radius 2 is 1.88 bits per heavy atom. The highest BCUT2D eigenvalue weighted by Gasteiger charge is 2.32. The van der Waals surface area contributed by atoms with Crippen LogP contribution in [0, 0.1) is 18.7 Å². The van der Waals surface area contributed by atoms with Gasteiger partial charge in [0, 0.05) is 23.2 Å². The van der Waals surface area contributed by atoms with E-state index in [1.54, 1.807) is 25.1 Å². The average Bonchev–Trinajstić information content (AvgIpc) is 3.59. The number of hydrogen-bond donors (Lipinski definition) is 1. The minimum Gasteiger partial charge on any atom is -0.478 e. The number of ketones is 1. The lowest BCUT2D eigenvalue weighted by Gasteiger charge is -2.08. The SMILES string of the molecule is Cc1cccc(Cl)c1C(=O)n1nc(-c2ccc(C(=O)O)cc2F)c2ncc(C(=O)C3CC3)cc21. The quantitative estimate of drug-likeness (QED) is 0.397. The van der Waals surface area contributed by atoms with Gasteiger partial charge in [-0.15, -0.1) is 0 Å². The number of carbonyl (C=O) groups excluding carboxylic acids is 2. The van der Waals surface area contributed by atoms with Crippen molar-refractivity contribution in [3.63, 3.8) is 0 Å². The number of carbonyl (C=O) groups is 3. The van der Waals surface area contributed by atoms with E-state index in [9.17, 15) is 18.8 Å². The first-order valence-corrected chi connectivity index (χ1v) is 10.9. The zero-order valence-corrected chi connectivity index (χ0v) is 18.6. The monoisotopic (exact) mass is 477 g/mol. The highest BCUT2D eigenvalue weighted by Crippen LogP contribution is 2.35. The van der Waals surface area contributed by atoms with Crippen molar-refractivity contribution in [3.05, 3.63) is 81.8 Å². The fourth-order valence-electron chi connectivity index (χ4n) is 3.90. The fraction of sp³-hybridized carbons (Fsp3) is 0.160. The van der Waals surface area contributed by atoms with Crippen molar-refractivity contribution >= 4 is 40.3 Å². The van der Waals surface area contributed by atoms with Crippen LogP contribution in [0.15, 0.2) is 48.7 Å².